The smallest absolute Gasteiger partial charge is 0.194 e. The summed E-state index contributed by atoms with van der Waals surface area (Å²) in [5.74, 6) is -0.535. The van der Waals surface area contributed by atoms with Gasteiger partial charge in [-0.2, -0.15) is 0 Å². The Morgan fingerprint density at radius 2 is 1.83 bits per heavy atom. The zero-order chi connectivity index (χ0) is 13.3. The predicted octanol–water partition coefficient (Wildman–Crippen LogP) is 3.71. The average molecular weight is 308 g/mol. The van der Waals surface area contributed by atoms with Gasteiger partial charge in [-0.3, -0.25) is 4.79 Å². The first-order chi connectivity index (χ1) is 8.49. The summed E-state index contributed by atoms with van der Waals surface area (Å²) in [6.45, 7) is 1.82. The standard InChI is InChI=1S/C14H11BrFNO/c1-8-6-10(17)3-5-11(8)14(18)12-4-2-9(16)7-13(12)15/h2-7H,17H2,1H3. The molecule has 0 aliphatic heterocycles. The molecule has 0 heterocycles. The van der Waals surface area contributed by atoms with Crippen molar-refractivity contribution in [1.82, 2.24) is 0 Å². The zero-order valence-electron chi connectivity index (χ0n) is 9.71. The van der Waals surface area contributed by atoms with E-state index < -0.39 is 0 Å². The Labute approximate surface area is 113 Å². The van der Waals surface area contributed by atoms with Crippen LogP contribution in [0.25, 0.3) is 0 Å². The van der Waals surface area contributed by atoms with Crippen molar-refractivity contribution in [1.29, 1.82) is 0 Å². The average Bonchev–Trinajstić information content (AvgIpc) is 2.28. The molecule has 92 valence electrons. The molecular formula is C14H11BrFNO. The quantitative estimate of drug-likeness (QED) is 0.679. The summed E-state index contributed by atoms with van der Waals surface area (Å²) in [5, 5.41) is 0. The summed E-state index contributed by atoms with van der Waals surface area (Å²) in [6.07, 6.45) is 0. The van der Waals surface area contributed by atoms with Gasteiger partial charge in [-0.05, 0) is 64.8 Å². The maximum absolute atomic E-state index is 13.0. The summed E-state index contributed by atoms with van der Waals surface area (Å²) < 4.78 is 13.4. The van der Waals surface area contributed by atoms with E-state index >= 15 is 0 Å². The Hall–Kier alpha value is -1.68. The molecule has 0 amide bonds. The minimum Gasteiger partial charge on any atom is -0.399 e. The van der Waals surface area contributed by atoms with Gasteiger partial charge in [-0.1, -0.05) is 0 Å². The second-order valence-electron chi connectivity index (χ2n) is 4.03. The Morgan fingerprint density at radius 1 is 1.17 bits per heavy atom. The maximum atomic E-state index is 13.0. The normalized spacial score (nSPS) is 10.4. The number of carbonyl (C=O) groups is 1. The minimum absolute atomic E-state index is 0.153. The van der Waals surface area contributed by atoms with Crippen molar-refractivity contribution in [2.45, 2.75) is 6.92 Å². The van der Waals surface area contributed by atoms with Crippen LogP contribution < -0.4 is 5.73 Å². The predicted molar refractivity (Wildman–Crippen MR) is 73.1 cm³/mol. The van der Waals surface area contributed by atoms with Crippen molar-refractivity contribution in [2.75, 3.05) is 5.73 Å². The topological polar surface area (TPSA) is 43.1 Å². The van der Waals surface area contributed by atoms with Gasteiger partial charge in [0.2, 0.25) is 0 Å². The highest BCUT2D eigenvalue weighted by Crippen LogP contribution is 2.23. The zero-order valence-corrected chi connectivity index (χ0v) is 11.3. The number of nitrogen functional groups attached to an aromatic ring is 1. The summed E-state index contributed by atoms with van der Waals surface area (Å²) in [7, 11) is 0. The highest BCUT2D eigenvalue weighted by atomic mass is 79.9. The van der Waals surface area contributed by atoms with Crippen LogP contribution in [0, 0.1) is 12.7 Å². The van der Waals surface area contributed by atoms with Crippen LogP contribution in [0.5, 0.6) is 0 Å². The van der Waals surface area contributed by atoms with E-state index in [1.807, 2.05) is 6.92 Å². The maximum Gasteiger partial charge on any atom is 0.194 e. The van der Waals surface area contributed by atoms with E-state index in [1.165, 1.54) is 18.2 Å². The van der Waals surface area contributed by atoms with Gasteiger partial charge in [0.05, 0.1) is 0 Å². The second-order valence-corrected chi connectivity index (χ2v) is 4.88. The van der Waals surface area contributed by atoms with E-state index in [2.05, 4.69) is 15.9 Å². The van der Waals surface area contributed by atoms with E-state index in [-0.39, 0.29) is 11.6 Å². The molecule has 0 unspecified atom stereocenters. The summed E-state index contributed by atoms with van der Waals surface area (Å²) in [4.78, 5) is 12.3. The SMILES string of the molecule is Cc1cc(N)ccc1C(=O)c1ccc(F)cc1Br. The number of aryl methyl sites for hydroxylation is 1. The monoisotopic (exact) mass is 307 g/mol. The number of rotatable bonds is 2. The van der Waals surface area contributed by atoms with Crippen LogP contribution >= 0.6 is 15.9 Å². The van der Waals surface area contributed by atoms with Gasteiger partial charge in [-0.25, -0.2) is 4.39 Å². The lowest BCUT2D eigenvalue weighted by molar-refractivity contribution is 0.103. The van der Waals surface area contributed by atoms with E-state index in [4.69, 9.17) is 5.73 Å². The molecule has 2 nitrogen and oxygen atoms in total. The molecule has 0 aliphatic rings. The molecule has 0 radical (unpaired) electrons. The van der Waals surface area contributed by atoms with E-state index in [1.54, 1.807) is 18.2 Å². The van der Waals surface area contributed by atoms with Gasteiger partial charge in [0.25, 0.3) is 0 Å². The van der Waals surface area contributed by atoms with Crippen molar-refractivity contribution in [3.05, 3.63) is 63.4 Å². The third-order valence-electron chi connectivity index (χ3n) is 2.67. The first-order valence-corrected chi connectivity index (χ1v) is 6.14. The minimum atomic E-state index is -0.382. The molecule has 2 aromatic carbocycles. The van der Waals surface area contributed by atoms with Crippen molar-refractivity contribution in [3.63, 3.8) is 0 Å². The molecule has 4 heteroatoms. The van der Waals surface area contributed by atoms with E-state index in [0.717, 1.165) is 5.56 Å². The summed E-state index contributed by atoms with van der Waals surface area (Å²) in [6, 6.07) is 9.12. The van der Waals surface area contributed by atoms with Crippen molar-refractivity contribution < 1.29 is 9.18 Å². The van der Waals surface area contributed by atoms with Crippen LogP contribution in [0.3, 0.4) is 0 Å². The molecule has 18 heavy (non-hydrogen) atoms. The highest BCUT2D eigenvalue weighted by Gasteiger charge is 2.15. The lowest BCUT2D eigenvalue weighted by Crippen LogP contribution is -2.05. The summed E-state index contributed by atoms with van der Waals surface area (Å²) >= 11 is 3.20. The number of halogens is 2. The number of hydrogen-bond donors (Lipinski definition) is 1. The van der Waals surface area contributed by atoms with E-state index in [0.29, 0.717) is 21.3 Å². The Morgan fingerprint density at radius 3 is 2.44 bits per heavy atom. The number of carbonyl (C=O) groups excluding carboxylic acids is 1. The number of hydrogen-bond acceptors (Lipinski definition) is 2. The molecule has 0 fully saturated rings. The molecule has 0 saturated heterocycles. The van der Waals surface area contributed by atoms with Crippen LogP contribution in [-0.2, 0) is 0 Å². The number of anilines is 1. The third-order valence-corrected chi connectivity index (χ3v) is 3.33. The largest absolute Gasteiger partial charge is 0.399 e. The van der Waals surface area contributed by atoms with Gasteiger partial charge in [0.1, 0.15) is 5.82 Å². The molecule has 2 aromatic rings. The van der Waals surface area contributed by atoms with Gasteiger partial charge in [0, 0.05) is 21.3 Å². The fraction of sp³-hybridized carbons (Fsp3) is 0.0714. The first kappa shape index (κ1) is 12.8. The van der Waals surface area contributed by atoms with Crippen LogP contribution in [-0.4, -0.2) is 5.78 Å². The summed E-state index contributed by atoms with van der Waals surface area (Å²) in [5.41, 5.74) is 8.06. The Bertz CT molecular complexity index is 572. The first-order valence-electron chi connectivity index (χ1n) is 5.35. The van der Waals surface area contributed by atoms with Gasteiger partial charge < -0.3 is 5.73 Å². The van der Waals surface area contributed by atoms with Gasteiger partial charge in [0.15, 0.2) is 5.78 Å². The highest BCUT2D eigenvalue weighted by molar-refractivity contribution is 9.10. The fourth-order valence-corrected chi connectivity index (χ4v) is 2.29. The van der Waals surface area contributed by atoms with Crippen molar-refractivity contribution in [2.24, 2.45) is 0 Å². The third kappa shape index (κ3) is 2.43. The second kappa shape index (κ2) is 4.90. The van der Waals surface area contributed by atoms with Crippen LogP contribution in [0.15, 0.2) is 40.9 Å². The molecule has 2 rings (SSSR count). The van der Waals surface area contributed by atoms with Crippen molar-refractivity contribution in [3.8, 4) is 0 Å². The Balaban J connectivity index is 2.48. The van der Waals surface area contributed by atoms with Crippen LogP contribution in [0.1, 0.15) is 21.5 Å². The van der Waals surface area contributed by atoms with Crippen molar-refractivity contribution >= 4 is 27.4 Å². The lowest BCUT2D eigenvalue weighted by atomic mass is 9.99. The molecule has 0 bridgehead atoms. The van der Waals surface area contributed by atoms with Gasteiger partial charge in [-0.15, -0.1) is 0 Å². The van der Waals surface area contributed by atoms with Gasteiger partial charge >= 0.3 is 0 Å². The molecule has 0 aromatic heterocycles. The number of nitrogens with two attached hydrogens (primary N) is 1. The fourth-order valence-electron chi connectivity index (χ4n) is 1.76. The molecule has 2 N–H and O–H groups in total. The Kier molecular flexibility index (Phi) is 3.48. The number of benzene rings is 2. The lowest BCUT2D eigenvalue weighted by Gasteiger charge is -2.07. The number of ketones is 1. The van der Waals surface area contributed by atoms with Crippen LogP contribution in [0.2, 0.25) is 0 Å². The molecule has 0 spiro atoms. The molecular weight excluding hydrogens is 297 g/mol. The molecule has 0 saturated carbocycles. The molecule has 0 aliphatic carbocycles. The van der Waals surface area contributed by atoms with E-state index in [9.17, 15) is 9.18 Å². The molecule has 0 atom stereocenters. The van der Waals surface area contributed by atoms with Crippen LogP contribution in [0.4, 0.5) is 10.1 Å².